The molecule has 0 aromatic heterocycles. The molecule has 1 aromatic carbocycles. The van der Waals surface area contributed by atoms with Crippen LogP contribution in [0.3, 0.4) is 0 Å². The van der Waals surface area contributed by atoms with E-state index in [-0.39, 0.29) is 23.5 Å². The number of benzene rings is 1. The van der Waals surface area contributed by atoms with Crippen LogP contribution in [0.4, 0.5) is 0 Å². The van der Waals surface area contributed by atoms with Crippen molar-refractivity contribution in [3.05, 3.63) is 29.8 Å². The van der Waals surface area contributed by atoms with Crippen molar-refractivity contribution in [2.24, 2.45) is 0 Å². The molecule has 0 fully saturated rings. The maximum Gasteiger partial charge on any atom is 0.244 e. The summed E-state index contributed by atoms with van der Waals surface area (Å²) in [5.41, 5.74) is 0.0675. The fraction of sp³-hybridized carbons (Fsp3) is 0.333. The molecule has 0 bridgehead atoms. The molecule has 102 valence electrons. The normalized spacial score (nSPS) is 11.1. The van der Waals surface area contributed by atoms with Crippen LogP contribution in [-0.4, -0.2) is 38.8 Å². The van der Waals surface area contributed by atoms with Gasteiger partial charge in [-0.2, -0.15) is 9.57 Å². The van der Waals surface area contributed by atoms with Gasteiger partial charge in [-0.05, 0) is 12.1 Å². The van der Waals surface area contributed by atoms with Crippen molar-refractivity contribution in [1.82, 2.24) is 9.62 Å². The number of carbonyl (C=O) groups is 1. The van der Waals surface area contributed by atoms with Crippen LogP contribution >= 0.6 is 0 Å². The molecular formula is C12H15N3O3S. The first-order valence-corrected chi connectivity index (χ1v) is 7.11. The quantitative estimate of drug-likeness (QED) is 0.841. The van der Waals surface area contributed by atoms with Crippen molar-refractivity contribution in [3.8, 4) is 6.07 Å². The van der Waals surface area contributed by atoms with Crippen LogP contribution in [0.1, 0.15) is 12.5 Å². The average Bonchev–Trinajstić information content (AvgIpc) is 2.43. The molecule has 1 aromatic rings. The minimum Gasteiger partial charge on any atom is -0.358 e. The van der Waals surface area contributed by atoms with Crippen LogP contribution in [0.25, 0.3) is 0 Å². The molecule has 0 spiro atoms. The van der Waals surface area contributed by atoms with Gasteiger partial charge in [-0.3, -0.25) is 4.79 Å². The Morgan fingerprint density at radius 1 is 1.42 bits per heavy atom. The van der Waals surface area contributed by atoms with Crippen molar-refractivity contribution in [2.45, 2.75) is 11.8 Å². The second-order valence-electron chi connectivity index (χ2n) is 3.71. The second-order valence-corrected chi connectivity index (χ2v) is 5.62. The summed E-state index contributed by atoms with van der Waals surface area (Å²) in [5.74, 6) is -0.403. The van der Waals surface area contributed by atoms with Crippen molar-refractivity contribution in [3.63, 3.8) is 0 Å². The lowest BCUT2D eigenvalue weighted by atomic mass is 10.2. The predicted octanol–water partition coefficient (Wildman–Crippen LogP) is 0.315. The van der Waals surface area contributed by atoms with Gasteiger partial charge >= 0.3 is 0 Å². The molecule has 0 saturated heterocycles. The average molecular weight is 281 g/mol. The Bertz CT molecular complexity index is 605. The van der Waals surface area contributed by atoms with Crippen LogP contribution in [0.2, 0.25) is 0 Å². The van der Waals surface area contributed by atoms with Gasteiger partial charge in [-0.1, -0.05) is 19.1 Å². The Balaban J connectivity index is 3.22. The van der Waals surface area contributed by atoms with Gasteiger partial charge in [0.05, 0.1) is 17.0 Å². The smallest absolute Gasteiger partial charge is 0.244 e. The van der Waals surface area contributed by atoms with E-state index in [1.54, 1.807) is 19.1 Å². The van der Waals surface area contributed by atoms with E-state index in [1.807, 2.05) is 6.07 Å². The molecule has 1 amide bonds. The van der Waals surface area contributed by atoms with Gasteiger partial charge in [0.1, 0.15) is 6.07 Å². The number of carbonyl (C=O) groups excluding carboxylic acids is 1. The summed E-state index contributed by atoms with van der Waals surface area (Å²) < 4.78 is 25.8. The summed E-state index contributed by atoms with van der Waals surface area (Å²) >= 11 is 0. The number of sulfonamides is 1. The minimum absolute atomic E-state index is 0.0675. The molecular weight excluding hydrogens is 266 g/mol. The van der Waals surface area contributed by atoms with Crippen LogP contribution in [0.5, 0.6) is 0 Å². The summed E-state index contributed by atoms with van der Waals surface area (Å²) in [4.78, 5) is 11.3. The molecule has 0 radical (unpaired) electrons. The molecule has 7 heteroatoms. The molecule has 0 aliphatic heterocycles. The van der Waals surface area contributed by atoms with Gasteiger partial charge < -0.3 is 5.32 Å². The van der Waals surface area contributed by atoms with E-state index in [0.717, 1.165) is 4.31 Å². The van der Waals surface area contributed by atoms with E-state index in [4.69, 9.17) is 5.26 Å². The zero-order chi connectivity index (χ0) is 14.5. The number of hydrogen-bond acceptors (Lipinski definition) is 4. The van der Waals surface area contributed by atoms with Gasteiger partial charge in [-0.25, -0.2) is 8.42 Å². The Morgan fingerprint density at radius 2 is 2.05 bits per heavy atom. The lowest BCUT2D eigenvalue weighted by Gasteiger charge is -2.20. The van der Waals surface area contributed by atoms with E-state index >= 15 is 0 Å². The highest BCUT2D eigenvalue weighted by Crippen LogP contribution is 2.19. The number of nitriles is 1. The Labute approximate surface area is 112 Å². The molecule has 0 aliphatic rings. The third kappa shape index (κ3) is 3.30. The van der Waals surface area contributed by atoms with E-state index < -0.39 is 15.9 Å². The van der Waals surface area contributed by atoms with E-state index in [9.17, 15) is 13.2 Å². The minimum atomic E-state index is -3.85. The van der Waals surface area contributed by atoms with Gasteiger partial charge in [0.2, 0.25) is 15.9 Å². The number of rotatable bonds is 5. The molecule has 0 aliphatic carbocycles. The van der Waals surface area contributed by atoms with Gasteiger partial charge in [0.15, 0.2) is 0 Å². The van der Waals surface area contributed by atoms with Crippen LogP contribution in [0.15, 0.2) is 29.2 Å². The van der Waals surface area contributed by atoms with E-state index in [1.165, 1.54) is 19.2 Å². The molecule has 0 heterocycles. The topological polar surface area (TPSA) is 90.3 Å². The number of nitrogens with one attached hydrogen (secondary N) is 1. The SMILES string of the molecule is CCN(CC(=O)NC)S(=O)(=O)c1ccccc1C#N. The Morgan fingerprint density at radius 3 is 2.58 bits per heavy atom. The summed E-state index contributed by atoms with van der Waals surface area (Å²) in [7, 11) is -2.41. The summed E-state index contributed by atoms with van der Waals surface area (Å²) in [6, 6.07) is 7.77. The summed E-state index contributed by atoms with van der Waals surface area (Å²) in [5, 5.41) is 11.3. The standard InChI is InChI=1S/C12H15N3O3S/c1-3-15(9-12(16)14-2)19(17,18)11-7-5-4-6-10(11)8-13/h4-7H,3,9H2,1-2H3,(H,14,16). The van der Waals surface area contributed by atoms with Gasteiger partial charge in [0.25, 0.3) is 0 Å². The predicted molar refractivity (Wildman–Crippen MR) is 69.7 cm³/mol. The zero-order valence-electron chi connectivity index (χ0n) is 10.8. The van der Waals surface area contributed by atoms with Crippen molar-refractivity contribution >= 4 is 15.9 Å². The monoisotopic (exact) mass is 281 g/mol. The van der Waals surface area contributed by atoms with E-state index in [0.29, 0.717) is 0 Å². The number of hydrogen-bond donors (Lipinski definition) is 1. The largest absolute Gasteiger partial charge is 0.358 e. The Hall–Kier alpha value is -1.91. The lowest BCUT2D eigenvalue weighted by molar-refractivity contribution is -0.120. The first-order chi connectivity index (χ1) is 8.97. The summed E-state index contributed by atoms with van der Waals surface area (Å²) in [6.07, 6.45) is 0. The fourth-order valence-electron chi connectivity index (χ4n) is 1.53. The molecule has 1 rings (SSSR count). The maximum absolute atomic E-state index is 12.4. The molecule has 0 saturated carbocycles. The summed E-state index contributed by atoms with van der Waals surface area (Å²) in [6.45, 7) is 1.51. The highest BCUT2D eigenvalue weighted by atomic mass is 32.2. The maximum atomic E-state index is 12.4. The third-order valence-corrected chi connectivity index (χ3v) is 4.56. The molecule has 0 unspecified atom stereocenters. The molecule has 6 nitrogen and oxygen atoms in total. The first-order valence-electron chi connectivity index (χ1n) is 5.67. The zero-order valence-corrected chi connectivity index (χ0v) is 11.6. The second kappa shape index (κ2) is 6.31. The van der Waals surface area contributed by atoms with Gasteiger partial charge in [0, 0.05) is 13.6 Å². The van der Waals surface area contributed by atoms with E-state index in [2.05, 4.69) is 5.32 Å². The number of likely N-dealkylation sites (N-methyl/N-ethyl adjacent to an activating group) is 2. The van der Waals surface area contributed by atoms with Crippen LogP contribution in [-0.2, 0) is 14.8 Å². The van der Waals surface area contributed by atoms with Crippen molar-refractivity contribution < 1.29 is 13.2 Å². The Kier molecular flexibility index (Phi) is 5.03. The highest BCUT2D eigenvalue weighted by molar-refractivity contribution is 7.89. The number of nitrogens with zero attached hydrogens (tertiary/aromatic N) is 2. The third-order valence-electron chi connectivity index (χ3n) is 2.58. The first kappa shape index (κ1) is 15.1. The van der Waals surface area contributed by atoms with Crippen LogP contribution < -0.4 is 5.32 Å². The lowest BCUT2D eigenvalue weighted by Crippen LogP contribution is -2.39. The van der Waals surface area contributed by atoms with Crippen LogP contribution in [0, 0.1) is 11.3 Å². The molecule has 1 N–H and O–H groups in total. The fourth-order valence-corrected chi connectivity index (χ4v) is 3.08. The highest BCUT2D eigenvalue weighted by Gasteiger charge is 2.27. The number of amides is 1. The molecule has 0 atom stereocenters. The van der Waals surface area contributed by atoms with Crippen molar-refractivity contribution in [2.75, 3.05) is 20.1 Å². The van der Waals surface area contributed by atoms with Crippen molar-refractivity contribution in [1.29, 1.82) is 5.26 Å². The molecule has 19 heavy (non-hydrogen) atoms. The van der Waals surface area contributed by atoms with Gasteiger partial charge in [-0.15, -0.1) is 0 Å².